The van der Waals surface area contributed by atoms with E-state index in [1.165, 1.54) is 0 Å². The average molecular weight is 1440 g/mol. The molecule has 5 nitrogen and oxygen atoms in total. The van der Waals surface area contributed by atoms with Crippen molar-refractivity contribution in [2.75, 3.05) is 14.7 Å². The van der Waals surface area contributed by atoms with E-state index >= 15 is 0 Å². The van der Waals surface area contributed by atoms with Crippen molar-refractivity contribution in [3.05, 3.63) is 379 Å². The zero-order valence-corrected chi connectivity index (χ0v) is 61.8. The van der Waals surface area contributed by atoms with Gasteiger partial charge in [0.25, 0.3) is 0 Å². The van der Waals surface area contributed by atoms with E-state index in [1.54, 1.807) is 9.13 Å². The number of hydrogen-bond acceptors (Lipinski definition) is 3. The molecule has 528 valence electrons. The lowest BCUT2D eigenvalue weighted by Gasteiger charge is -2.48. The molecule has 111 heavy (non-hydrogen) atoms. The van der Waals surface area contributed by atoms with Crippen LogP contribution < -0.4 is 14.7 Å². The average Bonchev–Trinajstić information content (AvgIpc) is 1.47. The predicted octanol–water partition coefficient (Wildman–Crippen LogP) is 29.0. The molecule has 0 bridgehead atoms. The molecule has 0 N–H and O–H groups in total. The molecule has 4 heterocycles. The lowest BCUT2D eigenvalue weighted by molar-refractivity contribution is 0.569. The number of aromatic nitrogens is 2. The molecule has 0 fully saturated rings. The van der Waals surface area contributed by atoms with Crippen LogP contribution in [0.1, 0.15) is 96.9 Å². The van der Waals surface area contributed by atoms with Gasteiger partial charge in [0.05, 0.1) is 101 Å². The maximum atomic E-state index is 10.4. The van der Waals surface area contributed by atoms with E-state index in [0.717, 1.165) is 117 Å². The minimum atomic E-state index is -0.601. The summed E-state index contributed by atoms with van der Waals surface area (Å²) < 4.78 is 159. The van der Waals surface area contributed by atoms with E-state index in [9.17, 15) is 21.9 Å². The van der Waals surface area contributed by atoms with Crippen molar-refractivity contribution in [1.82, 2.24) is 9.13 Å². The van der Waals surface area contributed by atoms with E-state index in [2.05, 4.69) is 214 Å². The van der Waals surface area contributed by atoms with E-state index < -0.39 is 96.7 Å². The minimum absolute atomic E-state index is 0.0948. The first-order valence-electron chi connectivity index (χ1n) is 45.8. The maximum Gasteiger partial charge on any atom is 0.0949 e. The second-order valence-corrected chi connectivity index (χ2v) is 31.6. The summed E-state index contributed by atoms with van der Waals surface area (Å²) in [7, 11) is 0. The fourth-order valence-electron chi connectivity index (χ4n) is 18.0. The quantitative estimate of drug-likeness (QED) is 0.144. The van der Waals surface area contributed by atoms with Crippen LogP contribution in [0.2, 0.25) is 0 Å². The Morgan fingerprint density at radius 2 is 0.622 bits per heavy atom. The summed E-state index contributed by atoms with van der Waals surface area (Å²) in [6.45, 7) is 13.4. The minimum Gasteiger partial charge on any atom is -0.309 e. The van der Waals surface area contributed by atoms with E-state index in [0.29, 0.717) is 58.3 Å². The molecule has 18 aromatic rings. The monoisotopic (exact) mass is 1440 g/mol. The second kappa shape index (κ2) is 24.5. The first kappa shape index (κ1) is 50.2. The molecular formula is C106H79N5. The Kier molecular flexibility index (Phi) is 11.1. The molecule has 0 amide bonds. The third kappa shape index (κ3) is 9.94. The highest BCUT2D eigenvalue weighted by molar-refractivity contribution is 6.20. The zero-order chi connectivity index (χ0) is 88.0. The zero-order valence-electron chi connectivity index (χ0n) is 77.8. The van der Waals surface area contributed by atoms with Gasteiger partial charge in [0.2, 0.25) is 0 Å². The predicted molar refractivity (Wildman–Crippen MR) is 467 cm³/mol. The molecule has 0 spiro atoms. The molecule has 0 unspecified atom stereocenters. The Morgan fingerprint density at radius 1 is 0.261 bits per heavy atom. The molecule has 2 aromatic heterocycles. The summed E-state index contributed by atoms with van der Waals surface area (Å²) in [5, 5.41) is -0.463. The van der Waals surface area contributed by atoms with Gasteiger partial charge in [0.15, 0.2) is 0 Å². The standard InChI is InChI=1S/C106H79N5/c1-105(2,3)74-55-73(56-75(60-74)106(4,5)6)70-51-53-94-96(59-70)109-95-54-52-76(107-90-47-27-23-43-80(90)81-44-24-28-48-91(81)107)61-97(95)111(103-85(67-33-13-8-14-34-67)65-87-79-42-22-20-40-72(79)58-89(87)101(103)69-37-17-10-18-38-69)99-63-77(108-92-49-29-25-45-82(92)83-46-26-30-50-93(83)108)62-98(104(99)109)110(94)102-84(66-31-11-7-12-32-66)64-86-78-41-21-19-39-71(78)57-88(86)100(102)68-35-15-9-16-36-68/h7-56,59-65H,57-58H2,1-6H3/i23D,24D,25D,26D,27D,28D,29D,30D,43D,44D,45D,46D,47D,48D,49D,50D. The number of nitrogens with zero attached hydrogens (tertiary/aromatic N) is 5. The number of para-hydroxylation sites is 4. The largest absolute Gasteiger partial charge is 0.309 e. The van der Waals surface area contributed by atoms with Crippen LogP contribution in [0.4, 0.5) is 51.2 Å². The molecule has 0 atom stereocenters. The van der Waals surface area contributed by atoms with Crippen LogP contribution in [0.25, 0.3) is 133 Å². The fraction of sp³-hybridized carbons (Fsp3) is 0.0943. The van der Waals surface area contributed by atoms with Gasteiger partial charge in [-0.3, -0.25) is 0 Å². The van der Waals surface area contributed by atoms with Gasteiger partial charge in [-0.1, -0.05) is 308 Å². The molecule has 4 aliphatic rings. The Bertz CT molecular complexity index is 7740. The van der Waals surface area contributed by atoms with Crippen LogP contribution >= 0.6 is 0 Å². The highest BCUT2D eigenvalue weighted by atomic mass is 15.3. The molecule has 2 aliphatic carbocycles. The fourth-order valence-corrected chi connectivity index (χ4v) is 18.0. The van der Waals surface area contributed by atoms with Crippen molar-refractivity contribution in [1.29, 1.82) is 0 Å². The summed E-state index contributed by atoms with van der Waals surface area (Å²) in [6, 6.07) is 77.2. The Morgan fingerprint density at radius 3 is 1.06 bits per heavy atom. The van der Waals surface area contributed by atoms with Gasteiger partial charge in [-0.25, -0.2) is 0 Å². The van der Waals surface area contributed by atoms with E-state index in [4.69, 9.17) is 0 Å². The molecule has 5 heteroatoms. The molecule has 0 radical (unpaired) electrons. The van der Waals surface area contributed by atoms with Gasteiger partial charge >= 0.3 is 0 Å². The smallest absolute Gasteiger partial charge is 0.0949 e. The molecule has 16 aromatic carbocycles. The lowest BCUT2D eigenvalue weighted by Crippen LogP contribution is -2.31. The van der Waals surface area contributed by atoms with Crippen molar-refractivity contribution in [3.63, 3.8) is 0 Å². The van der Waals surface area contributed by atoms with Gasteiger partial charge in [0.1, 0.15) is 0 Å². The summed E-state index contributed by atoms with van der Waals surface area (Å²) in [5.41, 5.74) is 24.0. The summed E-state index contributed by atoms with van der Waals surface area (Å²) in [5.74, 6) is 0. The van der Waals surface area contributed by atoms with Crippen LogP contribution in [0.3, 0.4) is 0 Å². The first-order chi connectivity index (χ1) is 61.0. The number of anilines is 9. The summed E-state index contributed by atoms with van der Waals surface area (Å²) in [6.07, 6.45) is 1.02. The Balaban J connectivity index is 1.00. The van der Waals surface area contributed by atoms with Crippen LogP contribution in [0.15, 0.2) is 345 Å². The van der Waals surface area contributed by atoms with Gasteiger partial charge in [-0.15, -0.1) is 0 Å². The van der Waals surface area contributed by atoms with Gasteiger partial charge in [-0.2, -0.15) is 0 Å². The van der Waals surface area contributed by atoms with Gasteiger partial charge < -0.3 is 23.8 Å². The van der Waals surface area contributed by atoms with Crippen LogP contribution in [-0.4, -0.2) is 9.13 Å². The van der Waals surface area contributed by atoms with Crippen LogP contribution in [-0.2, 0) is 23.7 Å². The molecule has 2 aliphatic heterocycles. The van der Waals surface area contributed by atoms with Crippen molar-refractivity contribution in [2.24, 2.45) is 0 Å². The number of fused-ring (bicyclic) bond motifs is 16. The van der Waals surface area contributed by atoms with Gasteiger partial charge in [0, 0.05) is 49.5 Å². The SMILES string of the molecule is [2H]c1c([2H])c([2H])c2c(c1[2H])c1c([2H])c([2H])c([2H])c([2H])c1n2-c1ccc2c(c1)N(c1c(-c3ccccc3)cc3c(c1-c1ccccc1)Cc1ccccc1-3)c1cc(-n3c4c([2H])c([2H])c([2H])c([2H])c4c4c([2H])c([2H])c([2H])c([2H])c43)cc3c1N2c1cc(-c2cc(C(C)(C)C)cc(C(C)(C)C)c2)ccc1N3c1c(-c2ccccc2)cc2c(c1-c1ccccc1)Cc1ccccc1-2. The van der Waals surface area contributed by atoms with Crippen molar-refractivity contribution >= 4 is 94.8 Å². The molecule has 0 saturated heterocycles. The summed E-state index contributed by atoms with van der Waals surface area (Å²) in [4.78, 5) is 6.85. The lowest BCUT2D eigenvalue weighted by atomic mass is 9.79. The van der Waals surface area contributed by atoms with Crippen LogP contribution in [0.5, 0.6) is 0 Å². The van der Waals surface area contributed by atoms with Crippen molar-refractivity contribution < 1.29 is 21.9 Å². The third-order valence-electron chi connectivity index (χ3n) is 23.1. The second-order valence-electron chi connectivity index (χ2n) is 31.6. The van der Waals surface area contributed by atoms with Crippen molar-refractivity contribution in [3.8, 4) is 89.3 Å². The number of rotatable bonds is 9. The first-order valence-corrected chi connectivity index (χ1v) is 37.8. The Hall–Kier alpha value is -13.5. The van der Waals surface area contributed by atoms with Gasteiger partial charge in [-0.05, 0) is 191 Å². The van der Waals surface area contributed by atoms with Crippen LogP contribution in [0, 0.1) is 0 Å². The summed E-state index contributed by atoms with van der Waals surface area (Å²) >= 11 is 0. The number of benzene rings is 16. The molecule has 22 rings (SSSR count). The molecule has 0 saturated carbocycles. The van der Waals surface area contributed by atoms with E-state index in [-0.39, 0.29) is 65.8 Å². The third-order valence-corrected chi connectivity index (χ3v) is 23.1. The topological polar surface area (TPSA) is 19.6 Å². The Labute approximate surface area is 670 Å². The molecular weight excluding hydrogens is 1340 g/mol. The highest BCUT2D eigenvalue weighted by Crippen LogP contribution is 2.69. The van der Waals surface area contributed by atoms with E-state index in [1.807, 2.05) is 91.0 Å². The maximum absolute atomic E-state index is 10.4. The highest BCUT2D eigenvalue weighted by Gasteiger charge is 2.45. The number of hydrogen-bond donors (Lipinski definition) is 0. The normalized spacial score (nSPS) is 15.2. The van der Waals surface area contributed by atoms with Crippen molar-refractivity contribution in [2.45, 2.75) is 65.2 Å².